The Morgan fingerprint density at radius 1 is 1.14 bits per heavy atom. The second-order valence-corrected chi connectivity index (χ2v) is 10.7. The minimum absolute atomic E-state index is 0.0137. The van der Waals surface area contributed by atoms with Crippen molar-refractivity contribution < 1.29 is 9.59 Å². The number of unbranched alkanes of at least 4 members (excludes halogenated alkanes) is 1. The van der Waals surface area contributed by atoms with Gasteiger partial charge in [-0.1, -0.05) is 67.2 Å². The fraction of sp³-hybridized carbons (Fsp3) is 0.414. The normalized spacial score (nSPS) is 18.9. The summed E-state index contributed by atoms with van der Waals surface area (Å²) < 4.78 is 0. The summed E-state index contributed by atoms with van der Waals surface area (Å²) in [5.41, 5.74) is 9.26. The summed E-state index contributed by atoms with van der Waals surface area (Å²) in [7, 11) is 0. The van der Waals surface area contributed by atoms with Crippen molar-refractivity contribution in [2.75, 3.05) is 13.1 Å². The van der Waals surface area contributed by atoms with Gasteiger partial charge in [-0.3, -0.25) is 14.6 Å². The van der Waals surface area contributed by atoms with Crippen molar-refractivity contribution >= 4 is 45.9 Å². The van der Waals surface area contributed by atoms with Crippen LogP contribution in [-0.4, -0.2) is 57.8 Å². The second kappa shape index (κ2) is 12.2. The van der Waals surface area contributed by atoms with Crippen LogP contribution in [0.2, 0.25) is 10.0 Å². The number of fused-ring (bicyclic) bond motifs is 1. The molecule has 2 unspecified atom stereocenters. The predicted molar refractivity (Wildman–Crippen MR) is 150 cm³/mol. The van der Waals surface area contributed by atoms with Gasteiger partial charge in [-0.15, -0.1) is 0 Å². The number of piperazine rings is 1. The number of nitrogens with two attached hydrogens (primary N) is 1. The molecular weight excluding hydrogens is 507 g/mol. The molecule has 0 bridgehead atoms. The highest BCUT2D eigenvalue weighted by molar-refractivity contribution is 6.42. The average molecular weight is 542 g/mol. The number of benzene rings is 2. The van der Waals surface area contributed by atoms with Gasteiger partial charge in [0.1, 0.15) is 6.04 Å². The van der Waals surface area contributed by atoms with Crippen molar-refractivity contribution in [3.05, 3.63) is 75.9 Å². The Morgan fingerprint density at radius 2 is 1.92 bits per heavy atom. The molecule has 0 aliphatic carbocycles. The van der Waals surface area contributed by atoms with Crippen molar-refractivity contribution in [1.82, 2.24) is 14.8 Å². The number of aromatic nitrogens is 1. The largest absolute Gasteiger partial charge is 0.336 e. The molecule has 6 nitrogen and oxygen atoms in total. The lowest BCUT2D eigenvalue weighted by Gasteiger charge is -2.45. The van der Waals surface area contributed by atoms with Crippen LogP contribution in [0.1, 0.15) is 44.2 Å². The van der Waals surface area contributed by atoms with Gasteiger partial charge in [-0.25, -0.2) is 0 Å². The molecule has 1 saturated heterocycles. The van der Waals surface area contributed by atoms with Gasteiger partial charge in [0.05, 0.1) is 21.6 Å². The van der Waals surface area contributed by atoms with Crippen LogP contribution in [0.4, 0.5) is 0 Å². The lowest BCUT2D eigenvalue weighted by Crippen LogP contribution is -2.64. The molecule has 37 heavy (non-hydrogen) atoms. The number of halogens is 2. The first-order valence-corrected chi connectivity index (χ1v) is 13.7. The van der Waals surface area contributed by atoms with E-state index in [4.69, 9.17) is 28.9 Å². The first kappa shape index (κ1) is 27.4. The highest BCUT2D eigenvalue weighted by atomic mass is 35.5. The van der Waals surface area contributed by atoms with E-state index >= 15 is 0 Å². The molecule has 2 amide bonds. The first-order valence-electron chi connectivity index (χ1n) is 12.9. The lowest BCUT2D eigenvalue weighted by molar-refractivity contribution is -0.155. The van der Waals surface area contributed by atoms with Gasteiger partial charge >= 0.3 is 0 Å². The van der Waals surface area contributed by atoms with E-state index in [0.717, 1.165) is 34.9 Å². The molecule has 2 heterocycles. The summed E-state index contributed by atoms with van der Waals surface area (Å²) in [6.07, 6.45) is 5.24. The molecule has 3 aromatic rings. The minimum atomic E-state index is -0.741. The van der Waals surface area contributed by atoms with Crippen molar-refractivity contribution in [3.63, 3.8) is 0 Å². The lowest BCUT2D eigenvalue weighted by atomic mass is 9.97. The van der Waals surface area contributed by atoms with Crippen molar-refractivity contribution in [3.8, 4) is 0 Å². The van der Waals surface area contributed by atoms with Crippen molar-refractivity contribution in [2.24, 2.45) is 5.73 Å². The zero-order valence-electron chi connectivity index (χ0n) is 21.4. The van der Waals surface area contributed by atoms with Crippen LogP contribution in [0.15, 0.2) is 54.7 Å². The Balaban J connectivity index is 1.47. The number of hydrogen-bond acceptors (Lipinski definition) is 4. The molecule has 196 valence electrons. The molecule has 1 aliphatic heterocycles. The second-order valence-electron chi connectivity index (χ2n) is 9.87. The first-order chi connectivity index (χ1) is 17.8. The topological polar surface area (TPSA) is 79.5 Å². The molecule has 4 rings (SSSR count). The molecule has 3 atom stereocenters. The molecule has 2 N–H and O–H groups in total. The summed E-state index contributed by atoms with van der Waals surface area (Å²) >= 11 is 12.2. The van der Waals surface area contributed by atoms with Gasteiger partial charge in [-0.2, -0.15) is 0 Å². The number of hydrogen-bond donors (Lipinski definition) is 1. The molecule has 0 radical (unpaired) electrons. The Kier molecular flexibility index (Phi) is 9.06. The summed E-state index contributed by atoms with van der Waals surface area (Å²) in [6, 6.07) is 14.1. The van der Waals surface area contributed by atoms with Crippen LogP contribution in [0.5, 0.6) is 0 Å². The summed E-state index contributed by atoms with van der Waals surface area (Å²) in [5.74, 6) is -0.196. The van der Waals surface area contributed by atoms with Gasteiger partial charge in [0, 0.05) is 30.7 Å². The fourth-order valence-corrected chi connectivity index (χ4v) is 5.35. The molecule has 8 heteroatoms. The maximum Gasteiger partial charge on any atom is 0.245 e. The van der Waals surface area contributed by atoms with Gasteiger partial charge in [-0.05, 0) is 61.6 Å². The van der Waals surface area contributed by atoms with Crippen molar-refractivity contribution in [2.45, 2.75) is 64.1 Å². The highest BCUT2D eigenvalue weighted by Crippen LogP contribution is 2.25. The van der Waals surface area contributed by atoms with E-state index in [0.29, 0.717) is 42.4 Å². The number of rotatable bonds is 9. The third-order valence-corrected chi connectivity index (χ3v) is 7.84. The Hall–Kier alpha value is -2.67. The van der Waals surface area contributed by atoms with Crippen LogP contribution in [0, 0.1) is 0 Å². The van der Waals surface area contributed by atoms with E-state index in [9.17, 15) is 9.59 Å². The van der Waals surface area contributed by atoms with Crippen LogP contribution < -0.4 is 5.73 Å². The van der Waals surface area contributed by atoms with Gasteiger partial charge in [0.15, 0.2) is 0 Å². The number of amides is 2. The summed E-state index contributed by atoms with van der Waals surface area (Å²) in [5, 5.41) is 2.03. The highest BCUT2D eigenvalue weighted by Gasteiger charge is 2.41. The summed E-state index contributed by atoms with van der Waals surface area (Å²) in [6.45, 7) is 5.09. The molecule has 0 spiro atoms. The van der Waals surface area contributed by atoms with Gasteiger partial charge < -0.3 is 15.5 Å². The van der Waals surface area contributed by atoms with Crippen LogP contribution in [0.25, 0.3) is 10.9 Å². The molecule has 1 aromatic heterocycles. The fourth-order valence-electron chi connectivity index (χ4n) is 5.03. The van der Waals surface area contributed by atoms with E-state index in [1.54, 1.807) is 17.2 Å². The smallest absolute Gasteiger partial charge is 0.245 e. The average Bonchev–Trinajstić information content (AvgIpc) is 2.89. The number of nitrogens with zero attached hydrogens (tertiary/aromatic N) is 3. The Bertz CT molecular complexity index is 1270. The zero-order chi connectivity index (χ0) is 26.5. The van der Waals surface area contributed by atoms with Crippen LogP contribution >= 0.6 is 23.2 Å². The molecule has 2 aromatic carbocycles. The monoisotopic (exact) mass is 540 g/mol. The van der Waals surface area contributed by atoms with E-state index < -0.39 is 12.1 Å². The molecule has 1 fully saturated rings. The van der Waals surface area contributed by atoms with Crippen molar-refractivity contribution in [1.29, 1.82) is 0 Å². The Morgan fingerprint density at radius 3 is 2.68 bits per heavy atom. The molecule has 1 aliphatic rings. The van der Waals surface area contributed by atoms with Gasteiger partial charge in [0.2, 0.25) is 11.8 Å². The third-order valence-electron chi connectivity index (χ3n) is 7.10. The standard InChI is InChI=1S/C29H34Cl2N4O2/c1-3-4-9-27-29(37)34(13-12-20-10-11-23(30)24(31)15-20)19(2)18-35(27)28(36)25(32)16-21-14-22-7-5-6-8-26(22)33-17-21/h5-8,10-11,14-15,17,19,25,27H,3-4,9,12-13,16,18,32H2,1-2H3/t19-,25?,27?/m1/s1. The number of carbonyl (C=O) groups is 2. The molecular formula is C29H34Cl2N4O2. The summed E-state index contributed by atoms with van der Waals surface area (Å²) in [4.78, 5) is 35.3. The van der Waals surface area contributed by atoms with Crippen LogP contribution in [-0.2, 0) is 22.4 Å². The quantitative estimate of drug-likeness (QED) is 0.400. The molecule has 0 saturated carbocycles. The number of carbonyl (C=O) groups excluding carboxylic acids is 2. The zero-order valence-corrected chi connectivity index (χ0v) is 22.9. The number of pyridine rings is 1. The maximum atomic E-state index is 13.7. The van der Waals surface area contributed by atoms with E-state index in [1.165, 1.54) is 0 Å². The van der Waals surface area contributed by atoms with E-state index in [1.807, 2.05) is 54.3 Å². The van der Waals surface area contributed by atoms with E-state index in [2.05, 4.69) is 11.9 Å². The predicted octanol–water partition coefficient (Wildman–Crippen LogP) is 5.27. The SMILES string of the molecule is CCCCC1C(=O)N(CCc2ccc(Cl)c(Cl)c2)[C@H](C)CN1C(=O)C(N)Cc1cnc2ccccc2c1. The minimum Gasteiger partial charge on any atom is -0.336 e. The maximum absolute atomic E-state index is 13.7. The van der Waals surface area contributed by atoms with Crippen LogP contribution in [0.3, 0.4) is 0 Å². The van der Waals surface area contributed by atoms with Gasteiger partial charge in [0.25, 0.3) is 0 Å². The number of para-hydroxylation sites is 1. The Labute approximate surface area is 228 Å². The third kappa shape index (κ3) is 6.43. The van der Waals surface area contributed by atoms with E-state index in [-0.39, 0.29) is 17.9 Å².